The summed E-state index contributed by atoms with van der Waals surface area (Å²) in [5.74, 6) is 0.465. The average molecular weight is 264 g/mol. The van der Waals surface area contributed by atoms with Crippen molar-refractivity contribution >= 4 is 33.2 Å². The van der Waals surface area contributed by atoms with Crippen molar-refractivity contribution in [2.45, 2.75) is 19.8 Å². The van der Waals surface area contributed by atoms with E-state index < -0.39 is 5.97 Å². The van der Waals surface area contributed by atoms with Gasteiger partial charge in [0.1, 0.15) is 5.82 Å². The molecular weight excluding hydrogens is 248 g/mol. The lowest BCUT2D eigenvalue weighted by atomic mass is 10.1. The molecule has 2 rings (SSSR count). The number of nitrogens with one attached hydrogen (secondary N) is 1. The number of rotatable bonds is 6. The van der Waals surface area contributed by atoms with E-state index in [1.165, 1.54) is 4.70 Å². The Balaban J connectivity index is 1.93. The first-order valence-electron chi connectivity index (χ1n) is 5.94. The summed E-state index contributed by atoms with van der Waals surface area (Å²) in [7, 11) is 0. The number of aliphatic carboxylic acids is 1. The van der Waals surface area contributed by atoms with Gasteiger partial charge in [-0.2, -0.15) is 0 Å². The van der Waals surface area contributed by atoms with Gasteiger partial charge >= 0.3 is 5.97 Å². The number of hydrogen-bond acceptors (Lipinski definition) is 4. The molecule has 0 aromatic carbocycles. The van der Waals surface area contributed by atoms with E-state index in [-0.39, 0.29) is 6.42 Å². The Morgan fingerprint density at radius 3 is 3.17 bits per heavy atom. The second-order valence-electron chi connectivity index (χ2n) is 4.41. The molecule has 1 atom stereocenters. The first-order valence-corrected chi connectivity index (χ1v) is 6.82. The Morgan fingerprint density at radius 1 is 1.56 bits per heavy atom. The quantitative estimate of drug-likeness (QED) is 0.841. The molecule has 0 aliphatic carbocycles. The SMILES string of the molecule is CC(CCC(=O)O)CNc1nccc2sccc12. The molecule has 0 saturated heterocycles. The molecule has 0 spiro atoms. The van der Waals surface area contributed by atoms with Gasteiger partial charge in [-0.05, 0) is 29.9 Å². The van der Waals surface area contributed by atoms with E-state index in [4.69, 9.17) is 5.11 Å². The Morgan fingerprint density at radius 2 is 2.39 bits per heavy atom. The third-order valence-electron chi connectivity index (χ3n) is 2.85. The lowest BCUT2D eigenvalue weighted by molar-refractivity contribution is -0.137. The molecule has 0 radical (unpaired) electrons. The van der Waals surface area contributed by atoms with E-state index in [9.17, 15) is 4.79 Å². The normalized spacial score (nSPS) is 12.5. The summed E-state index contributed by atoms with van der Waals surface area (Å²) in [6.07, 6.45) is 2.70. The van der Waals surface area contributed by atoms with Crippen molar-refractivity contribution in [1.29, 1.82) is 0 Å². The van der Waals surface area contributed by atoms with Crippen molar-refractivity contribution < 1.29 is 9.90 Å². The number of thiophene rings is 1. The molecule has 5 heteroatoms. The van der Waals surface area contributed by atoms with E-state index in [0.29, 0.717) is 12.3 Å². The second kappa shape index (κ2) is 5.82. The molecule has 96 valence electrons. The highest BCUT2D eigenvalue weighted by Gasteiger charge is 2.07. The third kappa shape index (κ3) is 3.20. The van der Waals surface area contributed by atoms with Crippen molar-refractivity contribution in [3.63, 3.8) is 0 Å². The Labute approximate surface area is 110 Å². The molecular formula is C13H16N2O2S. The Bertz CT molecular complexity index is 539. The number of hydrogen-bond donors (Lipinski definition) is 2. The van der Waals surface area contributed by atoms with Crippen molar-refractivity contribution in [2.75, 3.05) is 11.9 Å². The zero-order valence-corrected chi connectivity index (χ0v) is 11.0. The number of pyridine rings is 1. The van der Waals surface area contributed by atoms with E-state index in [2.05, 4.69) is 16.4 Å². The standard InChI is InChI=1S/C13H16N2O2S/c1-9(2-3-12(16)17)8-15-13-10-5-7-18-11(10)4-6-14-13/h4-7,9H,2-3,8H2,1H3,(H,14,15)(H,16,17). The molecule has 2 N–H and O–H groups in total. The molecule has 2 aromatic rings. The Hall–Kier alpha value is -1.62. The molecule has 0 bridgehead atoms. The highest BCUT2D eigenvalue weighted by molar-refractivity contribution is 7.17. The van der Waals surface area contributed by atoms with Gasteiger partial charge in [0.15, 0.2) is 0 Å². The fourth-order valence-electron chi connectivity index (χ4n) is 1.78. The van der Waals surface area contributed by atoms with Crippen LogP contribution >= 0.6 is 11.3 Å². The van der Waals surface area contributed by atoms with Gasteiger partial charge in [-0.25, -0.2) is 4.98 Å². The van der Waals surface area contributed by atoms with Crippen LogP contribution in [0.25, 0.3) is 10.1 Å². The fourth-order valence-corrected chi connectivity index (χ4v) is 2.56. The summed E-state index contributed by atoms with van der Waals surface area (Å²) in [5, 5.41) is 15.1. The molecule has 18 heavy (non-hydrogen) atoms. The molecule has 2 aromatic heterocycles. The maximum atomic E-state index is 10.5. The van der Waals surface area contributed by atoms with Crippen LogP contribution in [0.4, 0.5) is 5.82 Å². The number of aromatic nitrogens is 1. The van der Waals surface area contributed by atoms with Crippen LogP contribution in [0.1, 0.15) is 19.8 Å². The minimum atomic E-state index is -0.736. The number of carbonyl (C=O) groups is 1. The molecule has 0 saturated carbocycles. The van der Waals surface area contributed by atoms with Gasteiger partial charge in [0, 0.05) is 29.2 Å². The molecule has 4 nitrogen and oxygen atoms in total. The maximum Gasteiger partial charge on any atom is 0.303 e. The summed E-state index contributed by atoms with van der Waals surface area (Å²) in [6, 6.07) is 4.05. The zero-order valence-electron chi connectivity index (χ0n) is 10.2. The second-order valence-corrected chi connectivity index (χ2v) is 5.36. The largest absolute Gasteiger partial charge is 0.481 e. The molecule has 0 aliphatic heterocycles. The lowest BCUT2D eigenvalue weighted by Crippen LogP contribution is -2.13. The maximum absolute atomic E-state index is 10.5. The van der Waals surface area contributed by atoms with Crippen molar-refractivity contribution in [2.24, 2.45) is 5.92 Å². The summed E-state index contributed by atoms with van der Waals surface area (Å²) < 4.78 is 1.21. The summed E-state index contributed by atoms with van der Waals surface area (Å²) in [6.45, 7) is 2.79. The van der Waals surface area contributed by atoms with Crippen LogP contribution in [0.2, 0.25) is 0 Å². The number of carboxylic acid groups (broad SMARTS) is 1. The number of anilines is 1. The predicted octanol–water partition coefficient (Wildman–Crippen LogP) is 3.21. The summed E-state index contributed by atoms with van der Waals surface area (Å²) in [5.41, 5.74) is 0. The van der Waals surface area contributed by atoms with Gasteiger partial charge in [0.2, 0.25) is 0 Å². The van der Waals surface area contributed by atoms with Gasteiger partial charge in [-0.15, -0.1) is 11.3 Å². The predicted molar refractivity (Wildman–Crippen MR) is 74.1 cm³/mol. The lowest BCUT2D eigenvalue weighted by Gasteiger charge is -2.12. The minimum absolute atomic E-state index is 0.221. The first-order chi connectivity index (χ1) is 8.66. The van der Waals surface area contributed by atoms with Gasteiger partial charge in [-0.1, -0.05) is 6.92 Å². The van der Waals surface area contributed by atoms with Gasteiger partial charge < -0.3 is 10.4 Å². The van der Waals surface area contributed by atoms with Crippen molar-refractivity contribution in [3.05, 3.63) is 23.7 Å². The van der Waals surface area contributed by atoms with Crippen molar-refractivity contribution in [1.82, 2.24) is 4.98 Å². The zero-order chi connectivity index (χ0) is 13.0. The molecule has 0 aliphatic rings. The monoisotopic (exact) mass is 264 g/mol. The van der Waals surface area contributed by atoms with Crippen LogP contribution in [0.5, 0.6) is 0 Å². The third-order valence-corrected chi connectivity index (χ3v) is 3.73. The average Bonchev–Trinajstić information content (AvgIpc) is 2.82. The highest BCUT2D eigenvalue weighted by Crippen LogP contribution is 2.25. The summed E-state index contributed by atoms with van der Waals surface area (Å²) >= 11 is 1.69. The number of nitrogens with zero attached hydrogens (tertiary/aromatic N) is 1. The Kier molecular flexibility index (Phi) is 4.15. The van der Waals surface area contributed by atoms with Crippen LogP contribution in [0.15, 0.2) is 23.7 Å². The molecule has 1 unspecified atom stereocenters. The van der Waals surface area contributed by atoms with Crippen LogP contribution in [0, 0.1) is 5.92 Å². The van der Waals surface area contributed by atoms with E-state index in [1.54, 1.807) is 17.5 Å². The van der Waals surface area contributed by atoms with Crippen LogP contribution in [0.3, 0.4) is 0 Å². The van der Waals surface area contributed by atoms with Crippen molar-refractivity contribution in [3.8, 4) is 0 Å². The van der Waals surface area contributed by atoms with Crippen LogP contribution < -0.4 is 5.32 Å². The summed E-state index contributed by atoms with van der Waals surface area (Å²) in [4.78, 5) is 14.8. The van der Waals surface area contributed by atoms with Crippen LogP contribution in [-0.2, 0) is 4.79 Å². The van der Waals surface area contributed by atoms with E-state index in [1.807, 2.05) is 18.4 Å². The van der Waals surface area contributed by atoms with E-state index >= 15 is 0 Å². The van der Waals surface area contributed by atoms with Gasteiger partial charge in [0.05, 0.1) is 0 Å². The first kappa shape index (κ1) is 12.8. The van der Waals surface area contributed by atoms with Gasteiger partial charge in [-0.3, -0.25) is 4.79 Å². The number of fused-ring (bicyclic) bond motifs is 1. The molecule has 0 fully saturated rings. The van der Waals surface area contributed by atoms with E-state index in [0.717, 1.165) is 17.7 Å². The topological polar surface area (TPSA) is 62.2 Å². The number of carboxylic acids is 1. The highest BCUT2D eigenvalue weighted by atomic mass is 32.1. The molecule has 2 heterocycles. The fraction of sp³-hybridized carbons (Fsp3) is 0.385. The molecule has 0 amide bonds. The van der Waals surface area contributed by atoms with Gasteiger partial charge in [0.25, 0.3) is 0 Å². The minimum Gasteiger partial charge on any atom is -0.481 e. The smallest absolute Gasteiger partial charge is 0.303 e. The van der Waals surface area contributed by atoms with Crippen LogP contribution in [-0.4, -0.2) is 22.6 Å².